The van der Waals surface area contributed by atoms with Gasteiger partial charge in [-0.15, -0.1) is 0 Å². The van der Waals surface area contributed by atoms with Crippen molar-refractivity contribution in [2.24, 2.45) is 11.8 Å². The SMILES string of the molecule is C/C=C1/NC(=O)[C@H](C)NC(=O)C(NC(=O)[C@H](Cc2ccc(O)cc2)NC(=O)[C@@H](NC(=O)C=C(C)C)C(C)C)[C@@H](C)OC(=O)[C@H](CC(C)C)NC(=O)[C@@H](CCC(=O)O)NC1=O. The van der Waals surface area contributed by atoms with Gasteiger partial charge in [0, 0.05) is 18.9 Å². The minimum absolute atomic E-state index is 0.00915. The minimum Gasteiger partial charge on any atom is -0.508 e. The van der Waals surface area contributed by atoms with E-state index in [9.17, 15) is 53.4 Å². The number of hydrogen-bond acceptors (Lipinski definition) is 11. The third-order valence-electron chi connectivity index (χ3n) is 9.15. The molecule has 19 nitrogen and oxygen atoms in total. The Hall–Kier alpha value is -6.27. The zero-order valence-electron chi connectivity index (χ0n) is 35.5. The minimum atomic E-state index is -1.73. The van der Waals surface area contributed by atoms with E-state index in [-0.39, 0.29) is 36.6 Å². The molecule has 60 heavy (non-hydrogen) atoms. The standard InChI is InChI=1S/C41H59N7O12/c1-10-27-36(54)44-28(15-16-32(51)52)37(55)46-30(17-20(2)3)41(59)60-24(9)34(40(58)42-23(8)35(53)43-27)48-38(56)29(19-25-11-13-26(49)14-12-25)45-39(57)33(22(6)7)47-31(50)18-21(4)5/h10-14,18,20,22-24,28-30,33-34,49H,15-17,19H2,1-9H3,(H,42,58)(H,43,53)(H,44,54)(H,45,57)(H,46,55)(H,47,50)(H,48,56)(H,51,52)/b27-10+/t23-,24+,28+,29-,30-,33-,34?/m0/s1. The molecule has 1 unspecified atom stereocenters. The fraction of sp³-hybridized carbons (Fsp3) is 0.537. The number of carboxylic acids is 1. The molecule has 9 N–H and O–H groups in total. The summed E-state index contributed by atoms with van der Waals surface area (Å²) < 4.78 is 5.70. The van der Waals surface area contributed by atoms with Crippen LogP contribution in [0.1, 0.15) is 87.1 Å². The van der Waals surface area contributed by atoms with Gasteiger partial charge in [0.25, 0.3) is 5.91 Å². The molecule has 0 radical (unpaired) electrons. The summed E-state index contributed by atoms with van der Waals surface area (Å²) in [6, 6.07) is -2.70. The second-order valence-electron chi connectivity index (χ2n) is 15.6. The van der Waals surface area contributed by atoms with E-state index < -0.39 is 108 Å². The second kappa shape index (κ2) is 23.4. The van der Waals surface area contributed by atoms with E-state index >= 15 is 0 Å². The van der Waals surface area contributed by atoms with Gasteiger partial charge < -0.3 is 52.2 Å². The lowest BCUT2D eigenvalue weighted by Crippen LogP contribution is -2.62. The average Bonchev–Trinajstić information content (AvgIpc) is 3.15. The number of carbonyl (C=O) groups excluding carboxylic acids is 8. The van der Waals surface area contributed by atoms with Crippen LogP contribution in [0, 0.1) is 11.8 Å². The smallest absolute Gasteiger partial charge is 0.328 e. The largest absolute Gasteiger partial charge is 0.508 e. The maximum absolute atomic E-state index is 14.2. The molecule has 7 amide bonds. The molecule has 1 aliphatic rings. The van der Waals surface area contributed by atoms with Crippen LogP contribution in [-0.2, 0) is 54.3 Å². The lowest BCUT2D eigenvalue weighted by Gasteiger charge is -2.30. The Kier molecular flexibility index (Phi) is 19.4. The summed E-state index contributed by atoms with van der Waals surface area (Å²) in [7, 11) is 0. The Morgan fingerprint density at radius 2 is 1.48 bits per heavy atom. The number of rotatable bonds is 14. The Balaban J connectivity index is 2.63. The molecule has 0 spiro atoms. The van der Waals surface area contributed by atoms with Gasteiger partial charge in [-0.05, 0) is 77.0 Å². The number of ether oxygens (including phenoxy) is 1. The number of allylic oxidation sites excluding steroid dienone is 2. The second-order valence-corrected chi connectivity index (χ2v) is 15.6. The predicted octanol–water partition coefficient (Wildman–Crippen LogP) is 0.362. The average molecular weight is 842 g/mol. The zero-order chi connectivity index (χ0) is 45.4. The maximum Gasteiger partial charge on any atom is 0.328 e. The van der Waals surface area contributed by atoms with Crippen molar-refractivity contribution in [1.82, 2.24) is 37.2 Å². The van der Waals surface area contributed by atoms with Crippen LogP contribution in [0.15, 0.2) is 47.7 Å². The maximum atomic E-state index is 14.2. The van der Waals surface area contributed by atoms with E-state index in [1.165, 1.54) is 57.2 Å². The van der Waals surface area contributed by atoms with E-state index in [0.29, 0.717) is 11.1 Å². The summed E-state index contributed by atoms with van der Waals surface area (Å²) >= 11 is 0. The van der Waals surface area contributed by atoms with E-state index in [0.717, 1.165) is 0 Å². The fourth-order valence-corrected chi connectivity index (χ4v) is 5.91. The number of aliphatic carboxylic acids is 1. The summed E-state index contributed by atoms with van der Waals surface area (Å²) in [6.07, 6.45) is -0.0261. The third kappa shape index (κ3) is 16.2. The molecule has 1 saturated heterocycles. The third-order valence-corrected chi connectivity index (χ3v) is 9.15. The van der Waals surface area contributed by atoms with Gasteiger partial charge in [-0.2, -0.15) is 0 Å². The number of carboxylic acid groups (broad SMARTS) is 1. The summed E-state index contributed by atoms with van der Waals surface area (Å²) in [4.78, 5) is 120. The molecule has 1 fully saturated rings. The Bertz CT molecular complexity index is 1820. The van der Waals surface area contributed by atoms with Crippen molar-refractivity contribution in [3.8, 4) is 5.75 Å². The molecule has 330 valence electrons. The number of phenolic OH excluding ortho intramolecular Hbond substituents is 1. The summed E-state index contributed by atoms with van der Waals surface area (Å²) in [5, 5.41) is 36.7. The first-order chi connectivity index (χ1) is 28.0. The molecule has 19 heteroatoms. The molecule has 0 aliphatic carbocycles. The van der Waals surface area contributed by atoms with Gasteiger partial charge in [0.1, 0.15) is 53.8 Å². The van der Waals surface area contributed by atoms with Crippen LogP contribution >= 0.6 is 0 Å². The zero-order valence-corrected chi connectivity index (χ0v) is 35.5. The summed E-state index contributed by atoms with van der Waals surface area (Å²) in [5.41, 5.74) is 0.829. The fourth-order valence-electron chi connectivity index (χ4n) is 5.91. The lowest BCUT2D eigenvalue weighted by atomic mass is 10.00. The number of aromatic hydroxyl groups is 1. The Morgan fingerprint density at radius 1 is 0.850 bits per heavy atom. The molecular weight excluding hydrogens is 782 g/mol. The molecule has 1 aromatic carbocycles. The van der Waals surface area contributed by atoms with E-state index in [1.54, 1.807) is 41.5 Å². The molecule has 1 aromatic rings. The Labute approximate surface area is 349 Å². The number of phenols is 1. The molecule has 7 atom stereocenters. The van der Waals surface area contributed by atoms with Crippen molar-refractivity contribution in [3.05, 3.63) is 53.3 Å². The quantitative estimate of drug-likeness (QED) is 0.0907. The number of cyclic esters (lactones) is 1. The normalized spacial score (nSPS) is 22.3. The molecule has 0 bridgehead atoms. The highest BCUT2D eigenvalue weighted by molar-refractivity contribution is 6.02. The number of carbonyl (C=O) groups is 9. The predicted molar refractivity (Wildman–Crippen MR) is 217 cm³/mol. The molecule has 1 aliphatic heterocycles. The summed E-state index contributed by atoms with van der Waals surface area (Å²) in [6.45, 7) is 14.3. The first-order valence-corrected chi connectivity index (χ1v) is 19.7. The van der Waals surface area contributed by atoms with Crippen molar-refractivity contribution in [2.45, 2.75) is 130 Å². The number of esters is 1. The highest BCUT2D eigenvalue weighted by Gasteiger charge is 2.38. The van der Waals surface area contributed by atoms with Gasteiger partial charge in [-0.3, -0.25) is 38.4 Å². The summed E-state index contributed by atoms with van der Waals surface area (Å²) in [5.74, 6) is -9.01. The lowest BCUT2D eigenvalue weighted by molar-refractivity contribution is -0.156. The van der Waals surface area contributed by atoms with E-state index in [4.69, 9.17) is 4.74 Å². The molecule has 1 heterocycles. The number of benzene rings is 1. The van der Waals surface area contributed by atoms with Crippen LogP contribution in [-0.4, -0.2) is 106 Å². The van der Waals surface area contributed by atoms with Gasteiger partial charge in [0.2, 0.25) is 35.4 Å². The first kappa shape index (κ1) is 49.9. The van der Waals surface area contributed by atoms with Crippen LogP contribution in [0.4, 0.5) is 0 Å². The van der Waals surface area contributed by atoms with Gasteiger partial charge in [0.05, 0.1) is 0 Å². The van der Waals surface area contributed by atoms with E-state index in [1.807, 2.05) is 0 Å². The van der Waals surface area contributed by atoms with Crippen molar-refractivity contribution in [2.75, 3.05) is 0 Å². The molecule has 2 rings (SSSR count). The number of hydrogen-bond donors (Lipinski definition) is 9. The monoisotopic (exact) mass is 841 g/mol. The highest BCUT2D eigenvalue weighted by atomic mass is 16.5. The van der Waals surface area contributed by atoms with E-state index in [2.05, 4.69) is 37.2 Å². The van der Waals surface area contributed by atoms with Crippen LogP contribution in [0.5, 0.6) is 5.75 Å². The van der Waals surface area contributed by atoms with Gasteiger partial charge in [-0.25, -0.2) is 4.79 Å². The molecular formula is C41H59N7O12. The highest BCUT2D eigenvalue weighted by Crippen LogP contribution is 2.15. The molecule has 0 saturated carbocycles. The Morgan fingerprint density at radius 3 is 2.03 bits per heavy atom. The van der Waals surface area contributed by atoms with Crippen LogP contribution < -0.4 is 37.2 Å². The number of amides is 7. The number of nitrogens with one attached hydrogen (secondary N) is 7. The van der Waals surface area contributed by atoms with Crippen molar-refractivity contribution in [1.29, 1.82) is 0 Å². The topological polar surface area (TPSA) is 288 Å². The van der Waals surface area contributed by atoms with Crippen LogP contribution in [0.3, 0.4) is 0 Å². The molecule has 0 aromatic heterocycles. The van der Waals surface area contributed by atoms with Crippen molar-refractivity contribution < 1.29 is 58.1 Å². The van der Waals surface area contributed by atoms with Crippen molar-refractivity contribution >= 4 is 53.3 Å². The van der Waals surface area contributed by atoms with Crippen molar-refractivity contribution in [3.63, 3.8) is 0 Å². The van der Waals surface area contributed by atoms with Gasteiger partial charge in [-0.1, -0.05) is 51.5 Å². The van der Waals surface area contributed by atoms with Gasteiger partial charge in [0.15, 0.2) is 0 Å². The van der Waals surface area contributed by atoms with Crippen LogP contribution in [0.2, 0.25) is 0 Å². The first-order valence-electron chi connectivity index (χ1n) is 19.7. The van der Waals surface area contributed by atoms with Crippen LogP contribution in [0.25, 0.3) is 0 Å². The van der Waals surface area contributed by atoms with Gasteiger partial charge >= 0.3 is 11.9 Å².